The minimum Gasteiger partial charge on any atom is -0.496 e. The van der Waals surface area contributed by atoms with Crippen molar-refractivity contribution < 1.29 is 14.3 Å². The molecule has 2 rings (SSSR count). The summed E-state index contributed by atoms with van der Waals surface area (Å²) in [5.74, 6) is 0.175. The molecule has 0 atom stereocenters. The predicted octanol–water partition coefficient (Wildman–Crippen LogP) is 3.78. The zero-order valence-corrected chi connectivity index (χ0v) is 15.8. The molecular formula is C19H19BrN2O3. The molecule has 0 saturated heterocycles. The van der Waals surface area contributed by atoms with Gasteiger partial charge in [0.05, 0.1) is 7.11 Å². The summed E-state index contributed by atoms with van der Waals surface area (Å²) in [5, 5.41) is 5.36. The molecule has 2 amide bonds. The first-order chi connectivity index (χ1) is 11.9. The SMILES string of the molecule is CNC(=O)c1ccc(C)c(NC(=O)/C=C/c2cc(Br)ccc2OC)c1. The minimum atomic E-state index is -0.292. The van der Waals surface area contributed by atoms with E-state index in [1.807, 2.05) is 25.1 Å². The second kappa shape index (κ2) is 8.48. The Kier molecular flexibility index (Phi) is 6.36. The molecule has 0 bridgehead atoms. The normalized spacial score (nSPS) is 10.6. The Hall–Kier alpha value is -2.60. The number of anilines is 1. The maximum Gasteiger partial charge on any atom is 0.251 e. The van der Waals surface area contributed by atoms with Gasteiger partial charge in [0.2, 0.25) is 5.91 Å². The fraction of sp³-hybridized carbons (Fsp3) is 0.158. The molecule has 25 heavy (non-hydrogen) atoms. The van der Waals surface area contributed by atoms with Crippen molar-refractivity contribution >= 4 is 39.5 Å². The van der Waals surface area contributed by atoms with Crippen LogP contribution in [-0.2, 0) is 4.79 Å². The summed E-state index contributed by atoms with van der Waals surface area (Å²) < 4.78 is 6.17. The van der Waals surface area contributed by atoms with Crippen molar-refractivity contribution in [3.05, 3.63) is 63.6 Å². The fourth-order valence-electron chi connectivity index (χ4n) is 2.22. The van der Waals surface area contributed by atoms with Crippen molar-refractivity contribution in [2.24, 2.45) is 0 Å². The molecule has 5 nitrogen and oxygen atoms in total. The topological polar surface area (TPSA) is 67.4 Å². The highest BCUT2D eigenvalue weighted by molar-refractivity contribution is 9.10. The van der Waals surface area contributed by atoms with Crippen LogP contribution in [0.5, 0.6) is 5.75 Å². The Morgan fingerprint density at radius 3 is 2.60 bits per heavy atom. The van der Waals surface area contributed by atoms with Crippen molar-refractivity contribution in [3.63, 3.8) is 0 Å². The summed E-state index contributed by atoms with van der Waals surface area (Å²) in [4.78, 5) is 23.9. The van der Waals surface area contributed by atoms with Crippen LogP contribution in [0.2, 0.25) is 0 Å². The van der Waals surface area contributed by atoms with E-state index >= 15 is 0 Å². The van der Waals surface area contributed by atoms with Crippen LogP contribution >= 0.6 is 15.9 Å². The summed E-state index contributed by atoms with van der Waals surface area (Å²) in [6.45, 7) is 1.87. The van der Waals surface area contributed by atoms with Gasteiger partial charge in [0.1, 0.15) is 5.75 Å². The van der Waals surface area contributed by atoms with E-state index in [1.54, 1.807) is 38.4 Å². The molecule has 0 unspecified atom stereocenters. The number of benzene rings is 2. The molecule has 0 aliphatic carbocycles. The van der Waals surface area contributed by atoms with Gasteiger partial charge in [-0.2, -0.15) is 0 Å². The van der Waals surface area contributed by atoms with Gasteiger partial charge in [-0.05, 0) is 48.9 Å². The summed E-state index contributed by atoms with van der Waals surface area (Å²) in [6, 6.07) is 10.7. The summed E-state index contributed by atoms with van der Waals surface area (Å²) >= 11 is 3.40. The second-order valence-corrected chi connectivity index (χ2v) is 6.23. The van der Waals surface area contributed by atoms with Crippen molar-refractivity contribution in [2.75, 3.05) is 19.5 Å². The molecule has 0 radical (unpaired) electrons. The average Bonchev–Trinajstić information content (AvgIpc) is 2.61. The number of amides is 2. The van der Waals surface area contributed by atoms with Crippen LogP contribution in [-0.4, -0.2) is 26.0 Å². The number of carbonyl (C=O) groups excluding carboxylic acids is 2. The van der Waals surface area contributed by atoms with E-state index in [9.17, 15) is 9.59 Å². The molecule has 2 aromatic carbocycles. The third-order valence-electron chi connectivity index (χ3n) is 3.59. The molecule has 0 heterocycles. The number of ether oxygens (including phenoxy) is 1. The van der Waals surface area contributed by atoms with Gasteiger partial charge in [-0.25, -0.2) is 0 Å². The first kappa shape index (κ1) is 18.7. The van der Waals surface area contributed by atoms with Crippen LogP contribution in [0.3, 0.4) is 0 Å². The molecule has 130 valence electrons. The number of nitrogens with one attached hydrogen (secondary N) is 2. The molecular weight excluding hydrogens is 384 g/mol. The van der Waals surface area contributed by atoms with Crippen LogP contribution in [0.4, 0.5) is 5.69 Å². The van der Waals surface area contributed by atoms with E-state index in [0.29, 0.717) is 17.0 Å². The fourth-order valence-corrected chi connectivity index (χ4v) is 2.60. The number of aryl methyl sites for hydroxylation is 1. The molecule has 6 heteroatoms. The van der Waals surface area contributed by atoms with Crippen LogP contribution in [0.25, 0.3) is 6.08 Å². The number of hydrogen-bond acceptors (Lipinski definition) is 3. The number of carbonyl (C=O) groups is 2. The third kappa shape index (κ3) is 4.93. The smallest absolute Gasteiger partial charge is 0.251 e. The number of rotatable bonds is 5. The molecule has 0 aliphatic rings. The van der Waals surface area contributed by atoms with Gasteiger partial charge < -0.3 is 15.4 Å². The van der Waals surface area contributed by atoms with Crippen LogP contribution in [0.15, 0.2) is 46.9 Å². The molecule has 2 N–H and O–H groups in total. The Labute approximate surface area is 155 Å². The van der Waals surface area contributed by atoms with Crippen molar-refractivity contribution in [3.8, 4) is 5.75 Å². The maximum absolute atomic E-state index is 12.2. The largest absolute Gasteiger partial charge is 0.496 e. The van der Waals surface area contributed by atoms with E-state index in [-0.39, 0.29) is 11.8 Å². The van der Waals surface area contributed by atoms with Gasteiger partial charge in [0, 0.05) is 34.4 Å². The minimum absolute atomic E-state index is 0.204. The zero-order valence-electron chi connectivity index (χ0n) is 14.2. The first-order valence-electron chi connectivity index (χ1n) is 7.60. The van der Waals surface area contributed by atoms with E-state index in [1.165, 1.54) is 6.08 Å². The van der Waals surface area contributed by atoms with Gasteiger partial charge in [0.15, 0.2) is 0 Å². The standard InChI is InChI=1S/C19H19BrN2O3/c1-12-4-5-14(19(24)21-2)11-16(12)22-18(23)9-6-13-10-15(20)7-8-17(13)25-3/h4-11H,1-3H3,(H,21,24)(H,22,23)/b9-6+. The Morgan fingerprint density at radius 1 is 1.16 bits per heavy atom. The highest BCUT2D eigenvalue weighted by atomic mass is 79.9. The van der Waals surface area contributed by atoms with Crippen molar-refractivity contribution in [1.29, 1.82) is 0 Å². The number of hydrogen-bond donors (Lipinski definition) is 2. The molecule has 0 fully saturated rings. The highest BCUT2D eigenvalue weighted by Gasteiger charge is 2.08. The number of methoxy groups -OCH3 is 1. The van der Waals surface area contributed by atoms with Gasteiger partial charge in [-0.1, -0.05) is 22.0 Å². The lowest BCUT2D eigenvalue weighted by atomic mass is 10.1. The average molecular weight is 403 g/mol. The van der Waals surface area contributed by atoms with Crippen molar-refractivity contribution in [1.82, 2.24) is 5.32 Å². The monoisotopic (exact) mass is 402 g/mol. The van der Waals surface area contributed by atoms with E-state index in [2.05, 4.69) is 26.6 Å². The van der Waals surface area contributed by atoms with E-state index < -0.39 is 0 Å². The van der Waals surface area contributed by atoms with E-state index in [4.69, 9.17) is 4.74 Å². The molecule has 0 aliphatic heterocycles. The van der Waals surface area contributed by atoms with Crippen LogP contribution < -0.4 is 15.4 Å². The van der Waals surface area contributed by atoms with Gasteiger partial charge in [0.25, 0.3) is 5.91 Å². The lowest BCUT2D eigenvalue weighted by Gasteiger charge is -2.09. The zero-order chi connectivity index (χ0) is 18.4. The maximum atomic E-state index is 12.2. The molecule has 0 spiro atoms. The first-order valence-corrected chi connectivity index (χ1v) is 8.39. The molecule has 0 aromatic heterocycles. The Bertz CT molecular complexity index is 831. The lowest BCUT2D eigenvalue weighted by Crippen LogP contribution is -2.18. The van der Waals surface area contributed by atoms with E-state index in [0.717, 1.165) is 15.6 Å². The quantitative estimate of drug-likeness (QED) is 0.747. The molecule has 0 saturated carbocycles. The molecule has 2 aromatic rings. The second-order valence-electron chi connectivity index (χ2n) is 5.32. The Morgan fingerprint density at radius 2 is 1.92 bits per heavy atom. The van der Waals surface area contributed by atoms with Crippen LogP contribution in [0.1, 0.15) is 21.5 Å². The predicted molar refractivity (Wildman–Crippen MR) is 103 cm³/mol. The van der Waals surface area contributed by atoms with Gasteiger partial charge in [-0.15, -0.1) is 0 Å². The third-order valence-corrected chi connectivity index (χ3v) is 4.08. The van der Waals surface area contributed by atoms with Crippen molar-refractivity contribution in [2.45, 2.75) is 6.92 Å². The number of halogens is 1. The van der Waals surface area contributed by atoms with Gasteiger partial charge >= 0.3 is 0 Å². The summed E-state index contributed by atoms with van der Waals surface area (Å²) in [6.07, 6.45) is 3.10. The van der Waals surface area contributed by atoms with Gasteiger partial charge in [-0.3, -0.25) is 9.59 Å². The van der Waals surface area contributed by atoms with Crippen LogP contribution in [0, 0.1) is 6.92 Å². The highest BCUT2D eigenvalue weighted by Crippen LogP contribution is 2.24. The lowest BCUT2D eigenvalue weighted by molar-refractivity contribution is -0.111. The summed E-state index contributed by atoms with van der Waals surface area (Å²) in [7, 11) is 3.14. The summed E-state index contributed by atoms with van der Waals surface area (Å²) in [5.41, 5.74) is 2.73. The Balaban J connectivity index is 2.18.